The monoisotopic (exact) mass is 275 g/mol. The number of aldehydes is 1. The van der Waals surface area contributed by atoms with Crippen molar-refractivity contribution >= 4 is 12.3 Å². The highest BCUT2D eigenvalue weighted by Gasteiger charge is 2.40. The summed E-state index contributed by atoms with van der Waals surface area (Å²) in [6, 6.07) is 9.98. The SMILES string of the molecule is CC(C)(CC(=O)O)N1CC(C=O)C(c2ccccc2)C1. The Labute approximate surface area is 119 Å². The van der Waals surface area contributed by atoms with Gasteiger partial charge >= 0.3 is 5.97 Å². The number of nitrogens with zero attached hydrogens (tertiary/aromatic N) is 1. The van der Waals surface area contributed by atoms with Gasteiger partial charge in [0.1, 0.15) is 6.29 Å². The molecular weight excluding hydrogens is 254 g/mol. The first kappa shape index (κ1) is 14.7. The Hall–Kier alpha value is -1.68. The van der Waals surface area contributed by atoms with Crippen molar-refractivity contribution in [2.45, 2.75) is 31.7 Å². The second-order valence-corrected chi connectivity index (χ2v) is 6.11. The van der Waals surface area contributed by atoms with Gasteiger partial charge in [0.2, 0.25) is 0 Å². The van der Waals surface area contributed by atoms with Crippen LogP contribution in [-0.4, -0.2) is 40.9 Å². The van der Waals surface area contributed by atoms with E-state index in [-0.39, 0.29) is 18.3 Å². The average Bonchev–Trinajstić information content (AvgIpc) is 2.83. The molecule has 1 saturated heterocycles. The molecule has 2 atom stereocenters. The maximum atomic E-state index is 11.3. The van der Waals surface area contributed by atoms with Crippen LogP contribution in [0.5, 0.6) is 0 Å². The molecule has 1 fully saturated rings. The molecule has 0 bridgehead atoms. The number of benzene rings is 1. The zero-order chi connectivity index (χ0) is 14.8. The molecule has 2 rings (SSSR count). The van der Waals surface area contributed by atoms with Gasteiger partial charge in [0, 0.05) is 30.5 Å². The van der Waals surface area contributed by atoms with E-state index in [0.29, 0.717) is 6.54 Å². The summed E-state index contributed by atoms with van der Waals surface area (Å²) in [5, 5.41) is 9.02. The number of carbonyl (C=O) groups excluding carboxylic acids is 1. The third-order valence-electron chi connectivity index (χ3n) is 4.21. The number of rotatable bonds is 5. The number of carboxylic acid groups (broad SMARTS) is 1. The molecule has 0 aliphatic carbocycles. The van der Waals surface area contributed by atoms with Gasteiger partial charge in [-0.15, -0.1) is 0 Å². The quantitative estimate of drug-likeness (QED) is 0.837. The van der Waals surface area contributed by atoms with Crippen molar-refractivity contribution in [1.29, 1.82) is 0 Å². The number of hydrogen-bond donors (Lipinski definition) is 1. The van der Waals surface area contributed by atoms with Crippen LogP contribution < -0.4 is 0 Å². The summed E-state index contributed by atoms with van der Waals surface area (Å²) in [7, 11) is 0. The minimum atomic E-state index is -0.805. The number of hydrogen-bond acceptors (Lipinski definition) is 3. The van der Waals surface area contributed by atoms with Crippen LogP contribution in [0.2, 0.25) is 0 Å². The minimum Gasteiger partial charge on any atom is -0.481 e. The van der Waals surface area contributed by atoms with Gasteiger partial charge in [-0.25, -0.2) is 0 Å². The van der Waals surface area contributed by atoms with Crippen LogP contribution in [0.15, 0.2) is 30.3 Å². The molecule has 1 aliphatic rings. The van der Waals surface area contributed by atoms with E-state index in [1.165, 1.54) is 0 Å². The molecule has 0 amide bonds. The standard InChI is InChI=1S/C16H21NO3/c1-16(2,8-15(19)20)17-9-13(11-18)14(10-17)12-6-4-3-5-7-12/h3-7,11,13-14H,8-10H2,1-2H3,(H,19,20). The van der Waals surface area contributed by atoms with Crippen LogP contribution >= 0.6 is 0 Å². The second-order valence-electron chi connectivity index (χ2n) is 6.11. The predicted molar refractivity (Wildman–Crippen MR) is 76.6 cm³/mol. The zero-order valence-electron chi connectivity index (χ0n) is 12.0. The third kappa shape index (κ3) is 3.07. The lowest BCUT2D eigenvalue weighted by atomic mass is 9.90. The summed E-state index contributed by atoms with van der Waals surface area (Å²) in [6.45, 7) is 5.21. The Bertz CT molecular complexity index is 484. The molecule has 0 aromatic heterocycles. The summed E-state index contributed by atoms with van der Waals surface area (Å²) in [4.78, 5) is 24.4. The fourth-order valence-corrected chi connectivity index (χ4v) is 3.00. The van der Waals surface area contributed by atoms with E-state index in [1.54, 1.807) is 0 Å². The van der Waals surface area contributed by atoms with Crippen molar-refractivity contribution in [3.63, 3.8) is 0 Å². The lowest BCUT2D eigenvalue weighted by molar-refractivity contribution is -0.139. The topological polar surface area (TPSA) is 57.6 Å². The van der Waals surface area contributed by atoms with Crippen LogP contribution in [0.4, 0.5) is 0 Å². The van der Waals surface area contributed by atoms with Crippen LogP contribution in [0.1, 0.15) is 31.7 Å². The highest BCUT2D eigenvalue weighted by Crippen LogP contribution is 2.36. The normalized spacial score (nSPS) is 23.7. The summed E-state index contributed by atoms with van der Waals surface area (Å²) >= 11 is 0. The molecule has 0 spiro atoms. The minimum absolute atomic E-state index is 0.0644. The van der Waals surface area contributed by atoms with E-state index < -0.39 is 11.5 Å². The molecule has 108 valence electrons. The highest BCUT2D eigenvalue weighted by molar-refractivity contribution is 5.68. The molecular formula is C16H21NO3. The Morgan fingerprint density at radius 2 is 2.00 bits per heavy atom. The average molecular weight is 275 g/mol. The second kappa shape index (κ2) is 5.75. The van der Waals surface area contributed by atoms with Gasteiger partial charge in [-0.3, -0.25) is 9.69 Å². The van der Waals surface area contributed by atoms with E-state index in [1.807, 2.05) is 44.2 Å². The van der Waals surface area contributed by atoms with E-state index in [0.717, 1.165) is 18.4 Å². The lowest BCUT2D eigenvalue weighted by Crippen LogP contribution is -2.44. The Morgan fingerprint density at radius 3 is 2.55 bits per heavy atom. The van der Waals surface area contributed by atoms with Gasteiger partial charge < -0.3 is 9.90 Å². The van der Waals surface area contributed by atoms with Crippen LogP contribution in [0.3, 0.4) is 0 Å². The van der Waals surface area contributed by atoms with Crippen LogP contribution in [-0.2, 0) is 9.59 Å². The first-order valence-corrected chi connectivity index (χ1v) is 6.91. The van der Waals surface area contributed by atoms with Crippen molar-refractivity contribution in [3.05, 3.63) is 35.9 Å². The number of likely N-dealkylation sites (tertiary alicyclic amines) is 1. The van der Waals surface area contributed by atoms with Gasteiger partial charge in [0.15, 0.2) is 0 Å². The van der Waals surface area contributed by atoms with Crippen molar-refractivity contribution < 1.29 is 14.7 Å². The molecule has 4 heteroatoms. The molecule has 2 unspecified atom stereocenters. The Kier molecular flexibility index (Phi) is 4.23. The molecule has 1 N–H and O–H groups in total. The van der Waals surface area contributed by atoms with Gasteiger partial charge in [0.25, 0.3) is 0 Å². The van der Waals surface area contributed by atoms with Crippen molar-refractivity contribution in [2.75, 3.05) is 13.1 Å². The molecule has 4 nitrogen and oxygen atoms in total. The first-order valence-electron chi connectivity index (χ1n) is 6.91. The van der Waals surface area contributed by atoms with Crippen molar-refractivity contribution in [2.24, 2.45) is 5.92 Å². The third-order valence-corrected chi connectivity index (χ3v) is 4.21. The summed E-state index contributed by atoms with van der Waals surface area (Å²) < 4.78 is 0. The fourth-order valence-electron chi connectivity index (χ4n) is 3.00. The van der Waals surface area contributed by atoms with Gasteiger partial charge in [0.05, 0.1) is 6.42 Å². The van der Waals surface area contributed by atoms with Gasteiger partial charge in [-0.1, -0.05) is 30.3 Å². The molecule has 0 radical (unpaired) electrons. The maximum Gasteiger partial charge on any atom is 0.305 e. The van der Waals surface area contributed by atoms with E-state index in [2.05, 4.69) is 4.90 Å². The Balaban J connectivity index is 2.18. The summed E-state index contributed by atoms with van der Waals surface area (Å²) in [6.07, 6.45) is 1.09. The predicted octanol–water partition coefficient (Wildman–Crippen LogP) is 2.15. The van der Waals surface area contributed by atoms with Crippen molar-refractivity contribution in [3.8, 4) is 0 Å². The first-order chi connectivity index (χ1) is 9.44. The fraction of sp³-hybridized carbons (Fsp3) is 0.500. The smallest absolute Gasteiger partial charge is 0.305 e. The summed E-state index contributed by atoms with van der Waals surface area (Å²) in [5.41, 5.74) is 0.717. The Morgan fingerprint density at radius 1 is 1.35 bits per heavy atom. The van der Waals surface area contributed by atoms with Gasteiger partial charge in [-0.05, 0) is 19.4 Å². The van der Waals surface area contributed by atoms with E-state index in [4.69, 9.17) is 5.11 Å². The maximum absolute atomic E-state index is 11.3. The highest BCUT2D eigenvalue weighted by atomic mass is 16.4. The molecule has 1 aliphatic heterocycles. The number of carbonyl (C=O) groups is 2. The molecule has 0 saturated carbocycles. The lowest BCUT2D eigenvalue weighted by Gasteiger charge is -2.34. The molecule has 1 aromatic rings. The van der Waals surface area contributed by atoms with E-state index in [9.17, 15) is 9.59 Å². The molecule has 20 heavy (non-hydrogen) atoms. The van der Waals surface area contributed by atoms with Crippen LogP contribution in [0.25, 0.3) is 0 Å². The van der Waals surface area contributed by atoms with Crippen molar-refractivity contribution in [1.82, 2.24) is 4.90 Å². The molecule has 1 heterocycles. The van der Waals surface area contributed by atoms with Gasteiger partial charge in [-0.2, -0.15) is 0 Å². The number of carboxylic acids is 1. The molecule has 1 aromatic carbocycles. The van der Waals surface area contributed by atoms with E-state index >= 15 is 0 Å². The number of aliphatic carboxylic acids is 1. The zero-order valence-corrected chi connectivity index (χ0v) is 12.0. The van der Waals surface area contributed by atoms with Crippen LogP contribution in [0, 0.1) is 5.92 Å². The summed E-state index contributed by atoms with van der Waals surface area (Å²) in [5.74, 6) is -0.715. The largest absolute Gasteiger partial charge is 0.481 e.